The van der Waals surface area contributed by atoms with Gasteiger partial charge in [0.2, 0.25) is 0 Å². The molecule has 4 aromatic rings. The normalized spacial score (nSPS) is 11.9. The van der Waals surface area contributed by atoms with Crippen LogP contribution in [0.3, 0.4) is 0 Å². The van der Waals surface area contributed by atoms with Crippen molar-refractivity contribution in [3.05, 3.63) is 83.4 Å². The largest absolute Gasteiger partial charge is 0.279 e. The molecule has 0 aliphatic rings. The maximum Gasteiger partial charge on any atom is 0.263 e. The Labute approximate surface area is 194 Å². The van der Waals surface area contributed by atoms with Gasteiger partial charge in [-0.05, 0) is 36.4 Å². The summed E-state index contributed by atoms with van der Waals surface area (Å²) in [6.45, 7) is 0. The number of fused-ring (bicyclic) bond motifs is 1. The average Bonchev–Trinajstić information content (AvgIpc) is 2.74. The zero-order valence-corrected chi connectivity index (χ0v) is 19.2. The lowest BCUT2D eigenvalue weighted by molar-refractivity contribution is 0.599. The fourth-order valence-corrected chi connectivity index (χ4v) is 5.21. The molecule has 2 N–H and O–H groups in total. The van der Waals surface area contributed by atoms with Crippen LogP contribution in [0.25, 0.3) is 10.8 Å². The second-order valence-corrected chi connectivity index (χ2v) is 10.7. The number of nitrogens with one attached hydrogen (secondary N) is 2. The Morgan fingerprint density at radius 3 is 1.34 bits per heavy atom. The van der Waals surface area contributed by atoms with Crippen LogP contribution in [0.5, 0.6) is 0 Å². The minimum atomic E-state index is -3.95. The van der Waals surface area contributed by atoms with E-state index in [4.69, 9.17) is 23.2 Å². The van der Waals surface area contributed by atoms with Gasteiger partial charge in [0, 0.05) is 23.2 Å². The van der Waals surface area contributed by atoms with E-state index in [2.05, 4.69) is 19.4 Å². The Hall–Kier alpha value is -2.92. The molecule has 12 heteroatoms. The summed E-state index contributed by atoms with van der Waals surface area (Å²) < 4.78 is 56.1. The van der Waals surface area contributed by atoms with E-state index in [1.165, 1.54) is 24.3 Å². The molecule has 2 aromatic heterocycles. The van der Waals surface area contributed by atoms with Gasteiger partial charge < -0.3 is 0 Å². The summed E-state index contributed by atoms with van der Waals surface area (Å²) in [6.07, 6.45) is 2.30. The molecule has 0 aliphatic heterocycles. The highest BCUT2D eigenvalue weighted by Crippen LogP contribution is 2.32. The van der Waals surface area contributed by atoms with E-state index in [9.17, 15) is 16.8 Å². The lowest BCUT2D eigenvalue weighted by Gasteiger charge is -2.14. The van der Waals surface area contributed by atoms with Crippen LogP contribution < -0.4 is 9.44 Å². The van der Waals surface area contributed by atoms with Crippen molar-refractivity contribution in [2.75, 3.05) is 9.44 Å². The van der Waals surface area contributed by atoms with Crippen LogP contribution in [-0.4, -0.2) is 26.8 Å². The first-order valence-electron chi connectivity index (χ1n) is 8.96. The first-order chi connectivity index (χ1) is 15.2. The Bertz CT molecular complexity index is 1390. The number of sulfonamides is 2. The monoisotopic (exact) mass is 508 g/mol. The molecule has 0 atom stereocenters. The van der Waals surface area contributed by atoms with Gasteiger partial charge in [0.25, 0.3) is 20.0 Å². The van der Waals surface area contributed by atoms with Crippen molar-refractivity contribution in [3.63, 3.8) is 0 Å². The third kappa shape index (κ3) is 4.63. The zero-order valence-electron chi connectivity index (χ0n) is 16.0. The van der Waals surface area contributed by atoms with Crippen molar-refractivity contribution in [3.8, 4) is 0 Å². The van der Waals surface area contributed by atoms with Crippen LogP contribution in [-0.2, 0) is 20.0 Å². The van der Waals surface area contributed by atoms with Gasteiger partial charge in [-0.2, -0.15) is 0 Å². The number of rotatable bonds is 6. The minimum Gasteiger partial charge on any atom is -0.279 e. The van der Waals surface area contributed by atoms with Crippen LogP contribution >= 0.6 is 23.2 Å². The predicted molar refractivity (Wildman–Crippen MR) is 124 cm³/mol. The van der Waals surface area contributed by atoms with Crippen LogP contribution in [0, 0.1) is 0 Å². The second kappa shape index (κ2) is 8.55. The number of aromatic nitrogens is 2. The van der Waals surface area contributed by atoms with E-state index in [1.807, 2.05) is 0 Å². The van der Waals surface area contributed by atoms with Gasteiger partial charge in [0.05, 0.1) is 11.4 Å². The maximum atomic E-state index is 12.8. The summed E-state index contributed by atoms with van der Waals surface area (Å²) in [5.74, 6) is 0. The number of pyridine rings is 2. The lowest BCUT2D eigenvalue weighted by Crippen LogP contribution is -2.14. The molecule has 32 heavy (non-hydrogen) atoms. The topological polar surface area (TPSA) is 118 Å². The van der Waals surface area contributed by atoms with E-state index in [0.717, 1.165) is 12.4 Å². The zero-order chi connectivity index (χ0) is 22.9. The van der Waals surface area contributed by atoms with Gasteiger partial charge in [-0.3, -0.25) is 9.44 Å². The van der Waals surface area contributed by atoms with Crippen molar-refractivity contribution in [2.45, 2.75) is 9.79 Å². The summed E-state index contributed by atoms with van der Waals surface area (Å²) in [6, 6.07) is 15.1. The summed E-state index contributed by atoms with van der Waals surface area (Å²) in [4.78, 5) is 7.46. The second-order valence-electron chi connectivity index (χ2n) is 6.55. The molecule has 2 aromatic carbocycles. The summed E-state index contributed by atoms with van der Waals surface area (Å²) in [7, 11) is -7.89. The van der Waals surface area contributed by atoms with Gasteiger partial charge in [-0.25, -0.2) is 26.8 Å². The van der Waals surface area contributed by atoms with Crippen LogP contribution in [0.1, 0.15) is 0 Å². The quantitative estimate of drug-likeness (QED) is 0.369. The molecular formula is C20H14Cl2N4O4S2. The summed E-state index contributed by atoms with van der Waals surface area (Å²) in [5, 5.41) is 1.32. The standard InChI is InChI=1S/C20H14Cl2N4O4S2/c21-19-9-7-13(11-23-19)31(27,28)25-17-5-1-3-15-16(17)4-2-6-18(15)26-32(29,30)14-8-10-20(22)24-12-14/h1-12,25-26H. The fourth-order valence-electron chi connectivity index (χ4n) is 2.94. The molecule has 0 amide bonds. The highest BCUT2D eigenvalue weighted by molar-refractivity contribution is 7.93. The number of anilines is 2. The van der Waals surface area contributed by atoms with Crippen molar-refractivity contribution < 1.29 is 16.8 Å². The molecule has 4 rings (SSSR count). The molecule has 8 nitrogen and oxygen atoms in total. The molecule has 0 bridgehead atoms. The molecule has 2 heterocycles. The van der Waals surface area contributed by atoms with E-state index in [-0.39, 0.29) is 31.5 Å². The molecule has 0 fully saturated rings. The molecule has 164 valence electrons. The highest BCUT2D eigenvalue weighted by atomic mass is 35.5. The summed E-state index contributed by atoms with van der Waals surface area (Å²) in [5.41, 5.74) is 0.540. The molecule has 0 aliphatic carbocycles. The van der Waals surface area contributed by atoms with E-state index in [1.54, 1.807) is 36.4 Å². The predicted octanol–water partition coefficient (Wildman–Crippen LogP) is 4.54. The van der Waals surface area contributed by atoms with Crippen LogP contribution in [0.4, 0.5) is 11.4 Å². The Morgan fingerprint density at radius 1 is 0.594 bits per heavy atom. The number of halogens is 2. The lowest BCUT2D eigenvalue weighted by atomic mass is 10.1. The molecule has 0 saturated heterocycles. The van der Waals surface area contributed by atoms with Gasteiger partial charge in [0.15, 0.2) is 0 Å². The Balaban J connectivity index is 1.71. The number of hydrogen-bond donors (Lipinski definition) is 2. The smallest absolute Gasteiger partial charge is 0.263 e. The first kappa shape index (κ1) is 22.3. The Kier molecular flexibility index (Phi) is 5.95. The average molecular weight is 509 g/mol. The van der Waals surface area contributed by atoms with Gasteiger partial charge >= 0.3 is 0 Å². The van der Waals surface area contributed by atoms with E-state index < -0.39 is 20.0 Å². The molecular weight excluding hydrogens is 495 g/mol. The van der Waals surface area contributed by atoms with E-state index >= 15 is 0 Å². The molecule has 0 unspecified atom stereocenters. The van der Waals surface area contributed by atoms with Gasteiger partial charge in [-0.1, -0.05) is 47.5 Å². The fraction of sp³-hybridized carbons (Fsp3) is 0. The Morgan fingerprint density at radius 2 is 1.00 bits per heavy atom. The maximum absolute atomic E-state index is 12.8. The van der Waals surface area contributed by atoms with Gasteiger partial charge in [0.1, 0.15) is 20.1 Å². The van der Waals surface area contributed by atoms with Crippen molar-refractivity contribution in [1.29, 1.82) is 0 Å². The highest BCUT2D eigenvalue weighted by Gasteiger charge is 2.19. The SMILES string of the molecule is O=S(=O)(Nc1cccc2c(NS(=O)(=O)c3ccc(Cl)nc3)cccc12)c1ccc(Cl)nc1. The molecule has 0 radical (unpaired) electrons. The van der Waals surface area contributed by atoms with Crippen LogP contribution in [0.2, 0.25) is 10.3 Å². The molecule has 0 spiro atoms. The van der Waals surface area contributed by atoms with Gasteiger partial charge in [-0.15, -0.1) is 0 Å². The minimum absolute atomic E-state index is 0.0639. The van der Waals surface area contributed by atoms with Crippen LogP contribution in [0.15, 0.2) is 82.8 Å². The number of benzene rings is 2. The first-order valence-corrected chi connectivity index (χ1v) is 12.7. The summed E-state index contributed by atoms with van der Waals surface area (Å²) >= 11 is 11.5. The number of nitrogens with zero attached hydrogens (tertiary/aromatic N) is 2. The number of hydrogen-bond acceptors (Lipinski definition) is 6. The van der Waals surface area contributed by atoms with Crippen molar-refractivity contribution in [2.24, 2.45) is 0 Å². The third-order valence-electron chi connectivity index (χ3n) is 4.43. The van der Waals surface area contributed by atoms with E-state index in [0.29, 0.717) is 10.8 Å². The third-order valence-corrected chi connectivity index (χ3v) is 7.58. The van der Waals surface area contributed by atoms with Crippen molar-refractivity contribution >= 4 is 65.4 Å². The van der Waals surface area contributed by atoms with Crippen molar-refractivity contribution in [1.82, 2.24) is 9.97 Å². The molecule has 0 saturated carbocycles.